The van der Waals surface area contributed by atoms with Gasteiger partial charge in [-0.2, -0.15) is 0 Å². The van der Waals surface area contributed by atoms with Crippen LogP contribution >= 0.6 is 0 Å². The van der Waals surface area contributed by atoms with E-state index in [0.717, 1.165) is 57.6 Å². The molecule has 0 unspecified atom stereocenters. The molecule has 27 heavy (non-hydrogen) atoms. The summed E-state index contributed by atoms with van der Waals surface area (Å²) >= 11 is 0. The molecule has 6 heteroatoms. The molecule has 2 heterocycles. The summed E-state index contributed by atoms with van der Waals surface area (Å²) in [7, 11) is 1.84. The lowest BCUT2D eigenvalue weighted by Gasteiger charge is -2.32. The molecule has 2 saturated heterocycles. The molecule has 0 radical (unpaired) electrons. The predicted molar refractivity (Wildman–Crippen MR) is 101 cm³/mol. The number of nitrogens with zero attached hydrogens (tertiary/aromatic N) is 2. The Bertz CT molecular complexity index is 672. The van der Waals surface area contributed by atoms with Gasteiger partial charge in [-0.1, -0.05) is 0 Å². The number of benzene rings is 1. The van der Waals surface area contributed by atoms with Gasteiger partial charge in [0.1, 0.15) is 11.9 Å². The van der Waals surface area contributed by atoms with Crippen LogP contribution in [0.3, 0.4) is 0 Å². The summed E-state index contributed by atoms with van der Waals surface area (Å²) in [4.78, 5) is 28.5. The van der Waals surface area contributed by atoms with E-state index in [-0.39, 0.29) is 18.1 Å². The second-order valence-corrected chi connectivity index (χ2v) is 7.87. The number of hydrogen-bond acceptors (Lipinski definition) is 4. The summed E-state index contributed by atoms with van der Waals surface area (Å²) in [6.07, 6.45) is 4.87. The van der Waals surface area contributed by atoms with Crippen molar-refractivity contribution in [3.63, 3.8) is 0 Å². The number of piperidine rings is 1. The predicted octanol–water partition coefficient (Wildman–Crippen LogP) is 2.33. The Labute approximate surface area is 160 Å². The number of amides is 2. The van der Waals surface area contributed by atoms with Gasteiger partial charge in [0.15, 0.2) is 0 Å². The Morgan fingerprint density at radius 3 is 2.37 bits per heavy atom. The molecule has 1 aromatic carbocycles. The van der Waals surface area contributed by atoms with Crippen LogP contribution in [0.2, 0.25) is 0 Å². The second kappa shape index (κ2) is 7.89. The third-order valence-electron chi connectivity index (χ3n) is 5.86. The smallest absolute Gasteiger partial charge is 0.253 e. The standard InChI is InChI=1S/C21H28N2O4/c1-22(17-10-13-26-14-17)20(24)15-4-6-18(7-5-15)27-19-8-11-23(12-9-19)21(25)16-2-3-16/h4-7,16-17,19H,2-3,8-14H2,1H3/t17-/m0/s1. The van der Waals surface area contributed by atoms with Crippen molar-refractivity contribution >= 4 is 11.8 Å². The first-order valence-corrected chi connectivity index (χ1v) is 10.0. The minimum atomic E-state index is 0.0175. The molecule has 0 aromatic heterocycles. The first-order valence-electron chi connectivity index (χ1n) is 10.0. The molecular weight excluding hydrogens is 344 g/mol. The Kier molecular flexibility index (Phi) is 5.34. The normalized spacial score (nSPS) is 23.3. The van der Waals surface area contributed by atoms with E-state index in [1.165, 1.54) is 0 Å². The van der Waals surface area contributed by atoms with Crippen molar-refractivity contribution in [2.24, 2.45) is 5.92 Å². The molecule has 146 valence electrons. The van der Waals surface area contributed by atoms with Crippen molar-refractivity contribution in [2.75, 3.05) is 33.4 Å². The highest BCUT2D eigenvalue weighted by atomic mass is 16.5. The van der Waals surface area contributed by atoms with Crippen LogP contribution in [0.1, 0.15) is 42.5 Å². The van der Waals surface area contributed by atoms with Crippen LogP contribution in [0.5, 0.6) is 5.75 Å². The fourth-order valence-electron chi connectivity index (χ4n) is 3.85. The monoisotopic (exact) mass is 372 g/mol. The minimum Gasteiger partial charge on any atom is -0.490 e. The van der Waals surface area contributed by atoms with Crippen LogP contribution in [0, 0.1) is 5.92 Å². The maximum Gasteiger partial charge on any atom is 0.253 e. The first kappa shape index (κ1) is 18.3. The number of likely N-dealkylation sites (N-methyl/N-ethyl adjacent to an activating group) is 1. The Morgan fingerprint density at radius 1 is 1.07 bits per heavy atom. The van der Waals surface area contributed by atoms with Crippen LogP contribution in [-0.4, -0.2) is 67.1 Å². The Morgan fingerprint density at radius 2 is 1.78 bits per heavy atom. The third kappa shape index (κ3) is 4.26. The van der Waals surface area contributed by atoms with Gasteiger partial charge in [-0.05, 0) is 43.5 Å². The summed E-state index contributed by atoms with van der Waals surface area (Å²) in [6.45, 7) is 2.90. The quantitative estimate of drug-likeness (QED) is 0.796. The number of rotatable bonds is 5. The van der Waals surface area contributed by atoms with E-state index in [0.29, 0.717) is 24.0 Å². The molecule has 0 bridgehead atoms. The average molecular weight is 372 g/mol. The lowest BCUT2D eigenvalue weighted by atomic mass is 10.1. The molecule has 2 aliphatic heterocycles. The van der Waals surface area contributed by atoms with Gasteiger partial charge in [0, 0.05) is 51.1 Å². The Balaban J connectivity index is 1.28. The van der Waals surface area contributed by atoms with Gasteiger partial charge in [-0.25, -0.2) is 0 Å². The SMILES string of the molecule is CN(C(=O)c1ccc(OC2CCN(C(=O)C3CC3)CC2)cc1)[C@H]1CCOC1. The highest BCUT2D eigenvalue weighted by Crippen LogP contribution is 2.32. The van der Waals surface area contributed by atoms with Gasteiger partial charge in [-0.15, -0.1) is 0 Å². The van der Waals surface area contributed by atoms with Gasteiger partial charge in [0.25, 0.3) is 5.91 Å². The van der Waals surface area contributed by atoms with Crippen LogP contribution in [-0.2, 0) is 9.53 Å². The van der Waals surface area contributed by atoms with Crippen molar-refractivity contribution in [2.45, 2.75) is 44.2 Å². The van der Waals surface area contributed by atoms with Crippen LogP contribution in [0.4, 0.5) is 0 Å². The van der Waals surface area contributed by atoms with Crippen molar-refractivity contribution in [3.05, 3.63) is 29.8 Å². The van der Waals surface area contributed by atoms with Gasteiger partial charge in [0.05, 0.1) is 12.6 Å². The topological polar surface area (TPSA) is 59.1 Å². The Hall–Kier alpha value is -2.08. The molecule has 4 rings (SSSR count). The van der Waals surface area contributed by atoms with Crippen LogP contribution in [0.25, 0.3) is 0 Å². The van der Waals surface area contributed by atoms with Crippen LogP contribution < -0.4 is 4.74 Å². The minimum absolute atomic E-state index is 0.0175. The van der Waals surface area contributed by atoms with E-state index in [2.05, 4.69) is 0 Å². The van der Waals surface area contributed by atoms with Gasteiger partial charge in [0.2, 0.25) is 5.91 Å². The molecule has 1 aliphatic carbocycles. The molecule has 0 N–H and O–H groups in total. The third-order valence-corrected chi connectivity index (χ3v) is 5.86. The van der Waals surface area contributed by atoms with Gasteiger partial charge < -0.3 is 19.3 Å². The maximum absolute atomic E-state index is 12.6. The van der Waals surface area contributed by atoms with E-state index < -0.39 is 0 Å². The van der Waals surface area contributed by atoms with Crippen molar-refractivity contribution in [3.8, 4) is 5.75 Å². The fourth-order valence-corrected chi connectivity index (χ4v) is 3.85. The lowest BCUT2D eigenvalue weighted by molar-refractivity contribution is -0.134. The first-order chi connectivity index (χ1) is 13.1. The summed E-state index contributed by atoms with van der Waals surface area (Å²) in [5.41, 5.74) is 0.668. The largest absolute Gasteiger partial charge is 0.490 e. The molecule has 1 saturated carbocycles. The summed E-state index contributed by atoms with van der Waals surface area (Å²) < 4.78 is 11.4. The number of ether oxygens (including phenoxy) is 2. The molecule has 1 aromatic rings. The average Bonchev–Trinajstić information content (AvgIpc) is 3.41. The zero-order chi connectivity index (χ0) is 18.8. The number of carbonyl (C=O) groups is 2. The molecule has 0 spiro atoms. The van der Waals surface area contributed by atoms with E-state index in [1.54, 1.807) is 4.90 Å². The van der Waals surface area contributed by atoms with E-state index in [4.69, 9.17) is 9.47 Å². The van der Waals surface area contributed by atoms with Crippen molar-refractivity contribution in [1.29, 1.82) is 0 Å². The summed E-state index contributed by atoms with van der Waals surface area (Å²) in [6, 6.07) is 7.56. The highest BCUT2D eigenvalue weighted by Gasteiger charge is 2.35. The molecule has 6 nitrogen and oxygen atoms in total. The number of hydrogen-bond donors (Lipinski definition) is 0. The van der Waals surface area contributed by atoms with E-state index >= 15 is 0 Å². The molecule has 1 atom stereocenters. The maximum atomic E-state index is 12.6. The molecule has 2 amide bonds. The van der Waals surface area contributed by atoms with Gasteiger partial charge in [-0.3, -0.25) is 9.59 Å². The summed E-state index contributed by atoms with van der Waals surface area (Å²) in [5.74, 6) is 1.42. The lowest BCUT2D eigenvalue weighted by Crippen LogP contribution is -2.42. The van der Waals surface area contributed by atoms with Crippen LogP contribution in [0.15, 0.2) is 24.3 Å². The zero-order valence-electron chi connectivity index (χ0n) is 15.9. The van der Waals surface area contributed by atoms with Crippen molar-refractivity contribution in [1.82, 2.24) is 9.80 Å². The molecule has 3 aliphatic rings. The van der Waals surface area contributed by atoms with Gasteiger partial charge >= 0.3 is 0 Å². The van der Waals surface area contributed by atoms with Crippen molar-refractivity contribution < 1.29 is 19.1 Å². The fraction of sp³-hybridized carbons (Fsp3) is 0.619. The molecular formula is C21H28N2O4. The van der Waals surface area contributed by atoms with E-state index in [9.17, 15) is 9.59 Å². The number of carbonyl (C=O) groups excluding carboxylic acids is 2. The number of likely N-dealkylation sites (tertiary alicyclic amines) is 1. The zero-order valence-corrected chi connectivity index (χ0v) is 15.9. The highest BCUT2D eigenvalue weighted by molar-refractivity contribution is 5.94. The summed E-state index contributed by atoms with van der Waals surface area (Å²) in [5, 5.41) is 0. The molecule has 3 fully saturated rings. The second-order valence-electron chi connectivity index (χ2n) is 7.87. The van der Waals surface area contributed by atoms with E-state index in [1.807, 2.05) is 36.2 Å².